The first-order valence-corrected chi connectivity index (χ1v) is 5.07. The fraction of sp³-hybridized carbons (Fsp3) is 0.333. The van der Waals surface area contributed by atoms with E-state index in [4.69, 9.17) is 0 Å². The molecule has 0 fully saturated rings. The van der Waals surface area contributed by atoms with Crippen LogP contribution in [-0.2, 0) is 0 Å². The van der Waals surface area contributed by atoms with Crippen LogP contribution in [0, 0.1) is 19.7 Å². The Morgan fingerprint density at radius 3 is 2.47 bits per heavy atom. The lowest BCUT2D eigenvalue weighted by Gasteiger charge is -2.01. The summed E-state index contributed by atoms with van der Waals surface area (Å²) in [4.78, 5) is 8.04. The molecule has 0 saturated carbocycles. The Balaban J connectivity index is 0.000000531. The third-order valence-corrected chi connectivity index (χ3v) is 1.99. The van der Waals surface area contributed by atoms with E-state index >= 15 is 0 Å². The highest BCUT2D eigenvalue weighted by atomic mass is 19.1. The molecule has 2 nitrogen and oxygen atoms in total. The number of fused-ring (bicyclic) bond motifs is 1. The summed E-state index contributed by atoms with van der Waals surface area (Å²) in [5, 5.41) is 0.744. The molecule has 15 heavy (non-hydrogen) atoms. The van der Waals surface area contributed by atoms with Crippen molar-refractivity contribution in [2.75, 3.05) is 0 Å². The number of aryl methyl sites for hydroxylation is 2. The zero-order valence-corrected chi connectivity index (χ0v) is 9.50. The summed E-state index contributed by atoms with van der Waals surface area (Å²) < 4.78 is 13.5. The van der Waals surface area contributed by atoms with E-state index in [-0.39, 0.29) is 5.82 Å². The molecule has 2 aromatic heterocycles. The molecular formula is C12H15FN2. The van der Waals surface area contributed by atoms with E-state index in [0.29, 0.717) is 11.2 Å². The molecule has 2 heterocycles. The molecule has 3 heteroatoms. The number of nitrogens with zero attached hydrogens (tertiary/aromatic N) is 2. The largest absolute Gasteiger partial charge is 0.258 e. The molecule has 0 aromatic carbocycles. The molecule has 0 atom stereocenters. The van der Waals surface area contributed by atoms with Gasteiger partial charge in [-0.15, -0.1) is 0 Å². The molecule has 0 bridgehead atoms. The summed E-state index contributed by atoms with van der Waals surface area (Å²) in [6.07, 6.45) is 1.64. The minimum Gasteiger partial charge on any atom is -0.258 e. The summed E-state index contributed by atoms with van der Waals surface area (Å²) >= 11 is 0. The molecule has 0 unspecified atom stereocenters. The van der Waals surface area contributed by atoms with Crippen LogP contribution in [0.1, 0.15) is 25.2 Å². The molecule has 0 radical (unpaired) electrons. The molecular weight excluding hydrogens is 191 g/mol. The Kier molecular flexibility index (Phi) is 3.72. The molecule has 2 aromatic rings. The van der Waals surface area contributed by atoms with Gasteiger partial charge in [-0.25, -0.2) is 9.37 Å². The van der Waals surface area contributed by atoms with Gasteiger partial charge in [0.15, 0.2) is 5.82 Å². The SMILES string of the molecule is CC.Cc1ccc2cnc(C)c(F)c2n1. The second-order valence-electron chi connectivity index (χ2n) is 3.05. The van der Waals surface area contributed by atoms with Crippen LogP contribution < -0.4 is 0 Å². The Morgan fingerprint density at radius 1 is 1.13 bits per heavy atom. The van der Waals surface area contributed by atoms with Gasteiger partial charge in [-0.3, -0.25) is 4.98 Å². The minimum absolute atomic E-state index is 0.318. The Bertz CT molecular complexity index is 461. The Labute approximate surface area is 89.2 Å². The number of pyridine rings is 2. The molecule has 0 aliphatic carbocycles. The van der Waals surface area contributed by atoms with Crippen molar-refractivity contribution in [2.24, 2.45) is 0 Å². The molecule has 0 aliphatic rings. The highest BCUT2D eigenvalue weighted by molar-refractivity contribution is 5.78. The van der Waals surface area contributed by atoms with Gasteiger partial charge in [0.25, 0.3) is 0 Å². The molecule has 0 spiro atoms. The topological polar surface area (TPSA) is 25.8 Å². The molecule has 0 saturated heterocycles. The smallest absolute Gasteiger partial charge is 0.170 e. The van der Waals surface area contributed by atoms with Gasteiger partial charge in [-0.1, -0.05) is 13.8 Å². The number of hydrogen-bond acceptors (Lipinski definition) is 2. The van der Waals surface area contributed by atoms with Crippen LogP contribution in [0.3, 0.4) is 0 Å². The normalized spacial score (nSPS) is 9.67. The lowest BCUT2D eigenvalue weighted by Crippen LogP contribution is -1.93. The third-order valence-electron chi connectivity index (χ3n) is 1.99. The van der Waals surface area contributed by atoms with Gasteiger partial charge in [0, 0.05) is 17.3 Å². The van der Waals surface area contributed by atoms with Crippen molar-refractivity contribution >= 4 is 10.9 Å². The monoisotopic (exact) mass is 206 g/mol. The zero-order chi connectivity index (χ0) is 11.4. The summed E-state index contributed by atoms with van der Waals surface area (Å²) in [5.41, 5.74) is 1.62. The van der Waals surface area contributed by atoms with Crippen LogP contribution in [-0.4, -0.2) is 9.97 Å². The summed E-state index contributed by atoms with van der Waals surface area (Å²) in [7, 11) is 0. The maximum absolute atomic E-state index is 13.5. The van der Waals surface area contributed by atoms with E-state index in [9.17, 15) is 4.39 Å². The molecule has 80 valence electrons. The fourth-order valence-corrected chi connectivity index (χ4v) is 1.24. The Hall–Kier alpha value is -1.51. The van der Waals surface area contributed by atoms with E-state index < -0.39 is 0 Å². The van der Waals surface area contributed by atoms with Crippen molar-refractivity contribution in [3.63, 3.8) is 0 Å². The fourth-order valence-electron chi connectivity index (χ4n) is 1.24. The highest BCUT2D eigenvalue weighted by Gasteiger charge is 2.05. The predicted molar refractivity (Wildman–Crippen MR) is 60.3 cm³/mol. The van der Waals surface area contributed by atoms with Crippen molar-refractivity contribution in [3.8, 4) is 0 Å². The maximum atomic E-state index is 13.5. The van der Waals surface area contributed by atoms with Crippen molar-refractivity contribution in [1.82, 2.24) is 9.97 Å². The molecule has 0 amide bonds. The minimum atomic E-state index is -0.318. The summed E-state index contributed by atoms with van der Waals surface area (Å²) in [6, 6.07) is 3.67. The standard InChI is InChI=1S/C10H9FN2.C2H6/c1-6-3-4-8-5-12-7(2)9(11)10(8)13-6;1-2/h3-5H,1-2H3;1-2H3. The van der Waals surface area contributed by atoms with E-state index in [1.54, 1.807) is 13.1 Å². The van der Waals surface area contributed by atoms with Crippen LogP contribution in [0.5, 0.6) is 0 Å². The first-order valence-electron chi connectivity index (χ1n) is 5.07. The van der Waals surface area contributed by atoms with E-state index in [0.717, 1.165) is 11.1 Å². The van der Waals surface area contributed by atoms with Gasteiger partial charge in [0.2, 0.25) is 0 Å². The first-order chi connectivity index (χ1) is 7.18. The quantitative estimate of drug-likeness (QED) is 0.660. The zero-order valence-electron chi connectivity index (χ0n) is 9.50. The lowest BCUT2D eigenvalue weighted by atomic mass is 10.2. The number of hydrogen-bond donors (Lipinski definition) is 0. The summed E-state index contributed by atoms with van der Waals surface area (Å²) in [5.74, 6) is -0.318. The van der Waals surface area contributed by atoms with Crippen LogP contribution in [0.15, 0.2) is 18.3 Å². The van der Waals surface area contributed by atoms with Crippen LogP contribution >= 0.6 is 0 Å². The molecule has 2 rings (SSSR count). The van der Waals surface area contributed by atoms with Gasteiger partial charge in [-0.2, -0.15) is 0 Å². The molecule has 0 aliphatic heterocycles. The average molecular weight is 206 g/mol. The van der Waals surface area contributed by atoms with Crippen LogP contribution in [0.2, 0.25) is 0 Å². The van der Waals surface area contributed by atoms with Gasteiger partial charge >= 0.3 is 0 Å². The van der Waals surface area contributed by atoms with Gasteiger partial charge in [-0.05, 0) is 26.0 Å². The van der Waals surface area contributed by atoms with E-state index in [2.05, 4.69) is 9.97 Å². The summed E-state index contributed by atoms with van der Waals surface area (Å²) in [6.45, 7) is 7.48. The van der Waals surface area contributed by atoms with Gasteiger partial charge in [0.05, 0.1) is 5.69 Å². The van der Waals surface area contributed by atoms with Crippen molar-refractivity contribution < 1.29 is 4.39 Å². The average Bonchev–Trinajstić information content (AvgIpc) is 2.27. The van der Waals surface area contributed by atoms with Crippen molar-refractivity contribution in [3.05, 3.63) is 35.5 Å². The lowest BCUT2D eigenvalue weighted by molar-refractivity contribution is 0.619. The molecule has 0 N–H and O–H groups in total. The van der Waals surface area contributed by atoms with Crippen LogP contribution in [0.25, 0.3) is 10.9 Å². The second-order valence-corrected chi connectivity index (χ2v) is 3.05. The van der Waals surface area contributed by atoms with Crippen molar-refractivity contribution in [2.45, 2.75) is 27.7 Å². The second kappa shape index (κ2) is 4.82. The van der Waals surface area contributed by atoms with Crippen molar-refractivity contribution in [1.29, 1.82) is 0 Å². The highest BCUT2D eigenvalue weighted by Crippen LogP contribution is 2.16. The third kappa shape index (κ3) is 2.29. The Morgan fingerprint density at radius 2 is 1.80 bits per heavy atom. The number of rotatable bonds is 0. The van der Waals surface area contributed by atoms with Crippen LogP contribution in [0.4, 0.5) is 4.39 Å². The predicted octanol–water partition coefficient (Wildman–Crippen LogP) is 3.41. The maximum Gasteiger partial charge on any atom is 0.170 e. The van der Waals surface area contributed by atoms with Gasteiger partial charge < -0.3 is 0 Å². The van der Waals surface area contributed by atoms with E-state index in [1.165, 1.54) is 0 Å². The number of aromatic nitrogens is 2. The van der Waals surface area contributed by atoms with E-state index in [1.807, 2.05) is 32.9 Å². The first kappa shape index (κ1) is 11.6. The number of halogens is 1. The van der Waals surface area contributed by atoms with Gasteiger partial charge in [0.1, 0.15) is 5.52 Å².